The number of ether oxygens (including phenoxy) is 1. The van der Waals surface area contributed by atoms with E-state index < -0.39 is 0 Å². The van der Waals surface area contributed by atoms with Crippen LogP contribution in [0.15, 0.2) is 0 Å². The van der Waals surface area contributed by atoms with E-state index in [-0.39, 0.29) is 5.41 Å². The van der Waals surface area contributed by atoms with Gasteiger partial charge in [-0.2, -0.15) is 0 Å². The van der Waals surface area contributed by atoms with E-state index in [0.29, 0.717) is 0 Å². The highest BCUT2D eigenvalue weighted by atomic mass is 16.5. The van der Waals surface area contributed by atoms with Crippen molar-refractivity contribution in [2.45, 2.75) is 44.9 Å². The molecule has 2 heterocycles. The molecule has 0 bridgehead atoms. The van der Waals surface area contributed by atoms with Crippen molar-refractivity contribution in [1.82, 2.24) is 4.90 Å². The first-order chi connectivity index (χ1) is 8.35. The van der Waals surface area contributed by atoms with Crippen LogP contribution in [0.25, 0.3) is 0 Å². The monoisotopic (exact) mass is 239 g/mol. The summed E-state index contributed by atoms with van der Waals surface area (Å²) < 4.78 is 5.38. The highest BCUT2D eigenvalue weighted by Crippen LogP contribution is 2.29. The van der Waals surface area contributed by atoms with Gasteiger partial charge in [0.2, 0.25) is 0 Å². The number of aldehydes is 1. The van der Waals surface area contributed by atoms with Gasteiger partial charge in [0, 0.05) is 25.2 Å². The molecule has 0 saturated carbocycles. The first-order valence-electron chi connectivity index (χ1n) is 7.11. The Kier molecular flexibility index (Phi) is 4.99. The smallest absolute Gasteiger partial charge is 0.127 e. The molecule has 98 valence electrons. The van der Waals surface area contributed by atoms with Gasteiger partial charge in [-0.25, -0.2) is 0 Å². The van der Waals surface area contributed by atoms with Gasteiger partial charge in [0.1, 0.15) is 6.29 Å². The lowest BCUT2D eigenvalue weighted by molar-refractivity contribution is -0.123. The summed E-state index contributed by atoms with van der Waals surface area (Å²) in [6, 6.07) is 0. The highest BCUT2D eigenvalue weighted by Gasteiger charge is 2.34. The molecular formula is C14H25NO2. The maximum Gasteiger partial charge on any atom is 0.127 e. The second kappa shape index (κ2) is 6.50. The molecule has 2 rings (SSSR count). The number of hydrogen-bond acceptors (Lipinski definition) is 3. The van der Waals surface area contributed by atoms with Gasteiger partial charge < -0.3 is 14.4 Å². The number of carbonyl (C=O) groups is 1. The average molecular weight is 239 g/mol. The van der Waals surface area contributed by atoms with E-state index in [4.69, 9.17) is 4.74 Å². The van der Waals surface area contributed by atoms with Gasteiger partial charge in [0.25, 0.3) is 0 Å². The molecule has 0 radical (unpaired) electrons. The molecule has 0 N–H and O–H groups in total. The van der Waals surface area contributed by atoms with Gasteiger partial charge in [-0.15, -0.1) is 0 Å². The van der Waals surface area contributed by atoms with E-state index >= 15 is 0 Å². The average Bonchev–Trinajstić information content (AvgIpc) is 2.34. The zero-order chi connectivity index (χ0) is 12.0. The molecule has 0 atom stereocenters. The van der Waals surface area contributed by atoms with Crippen LogP contribution < -0.4 is 0 Å². The number of rotatable bonds is 3. The van der Waals surface area contributed by atoms with Crippen LogP contribution in [0.3, 0.4) is 0 Å². The lowest BCUT2D eigenvalue weighted by atomic mass is 9.81. The molecule has 2 saturated heterocycles. The molecule has 3 heteroatoms. The second-order valence-electron chi connectivity index (χ2n) is 5.64. The Bertz CT molecular complexity index is 228. The second-order valence-corrected chi connectivity index (χ2v) is 5.64. The van der Waals surface area contributed by atoms with Crippen molar-refractivity contribution in [3.05, 3.63) is 0 Å². The van der Waals surface area contributed by atoms with Crippen molar-refractivity contribution in [3.63, 3.8) is 0 Å². The minimum atomic E-state index is -0.114. The SMILES string of the molecule is O=CC1(CN2CCCCCCC2)CCOCC1. The van der Waals surface area contributed by atoms with Crippen LogP contribution in [0.5, 0.6) is 0 Å². The van der Waals surface area contributed by atoms with Crippen molar-refractivity contribution in [3.8, 4) is 0 Å². The fourth-order valence-corrected chi connectivity index (χ4v) is 3.01. The molecule has 0 aliphatic carbocycles. The third-order valence-electron chi connectivity index (χ3n) is 4.23. The molecule has 0 aromatic rings. The van der Waals surface area contributed by atoms with Crippen LogP contribution >= 0.6 is 0 Å². The van der Waals surface area contributed by atoms with Crippen molar-refractivity contribution in [2.24, 2.45) is 5.41 Å². The maximum atomic E-state index is 11.4. The minimum Gasteiger partial charge on any atom is -0.381 e. The van der Waals surface area contributed by atoms with Crippen molar-refractivity contribution in [1.29, 1.82) is 0 Å². The van der Waals surface area contributed by atoms with Crippen LogP contribution in [0.1, 0.15) is 44.9 Å². The normalized spacial score (nSPS) is 27.1. The maximum absolute atomic E-state index is 11.4. The third-order valence-corrected chi connectivity index (χ3v) is 4.23. The largest absolute Gasteiger partial charge is 0.381 e. The van der Waals surface area contributed by atoms with Gasteiger partial charge >= 0.3 is 0 Å². The Hall–Kier alpha value is -0.410. The minimum absolute atomic E-state index is 0.114. The van der Waals surface area contributed by atoms with Crippen LogP contribution in [0.4, 0.5) is 0 Å². The Balaban J connectivity index is 1.89. The lowest BCUT2D eigenvalue weighted by Gasteiger charge is -2.37. The molecule has 0 unspecified atom stereocenters. The van der Waals surface area contributed by atoms with Crippen LogP contribution in [0, 0.1) is 5.41 Å². The van der Waals surface area contributed by atoms with Crippen molar-refractivity contribution in [2.75, 3.05) is 32.8 Å². The van der Waals surface area contributed by atoms with Crippen LogP contribution in [-0.2, 0) is 9.53 Å². The van der Waals surface area contributed by atoms with Gasteiger partial charge in [0.15, 0.2) is 0 Å². The number of nitrogens with zero attached hydrogens (tertiary/aromatic N) is 1. The standard InChI is InChI=1S/C14H25NO2/c16-13-14(6-10-17-11-7-14)12-15-8-4-2-1-3-5-9-15/h13H,1-12H2. The van der Waals surface area contributed by atoms with E-state index in [9.17, 15) is 4.79 Å². The predicted molar refractivity (Wildman–Crippen MR) is 68.1 cm³/mol. The van der Waals surface area contributed by atoms with E-state index in [1.54, 1.807) is 0 Å². The van der Waals surface area contributed by atoms with Crippen LogP contribution in [-0.4, -0.2) is 44.0 Å². The fourth-order valence-electron chi connectivity index (χ4n) is 3.01. The van der Waals surface area contributed by atoms with Gasteiger partial charge in [-0.1, -0.05) is 19.3 Å². The number of carbonyl (C=O) groups excluding carboxylic acids is 1. The summed E-state index contributed by atoms with van der Waals surface area (Å²) in [4.78, 5) is 13.9. The first kappa shape index (κ1) is 13.0. The summed E-state index contributed by atoms with van der Waals surface area (Å²) in [5.74, 6) is 0. The molecular weight excluding hydrogens is 214 g/mol. The summed E-state index contributed by atoms with van der Waals surface area (Å²) in [6.07, 6.45) is 9.72. The van der Waals surface area contributed by atoms with Gasteiger partial charge in [-0.05, 0) is 38.8 Å². The zero-order valence-electron chi connectivity index (χ0n) is 10.8. The quantitative estimate of drug-likeness (QED) is 0.707. The van der Waals surface area contributed by atoms with Crippen molar-refractivity contribution >= 4 is 6.29 Å². The topological polar surface area (TPSA) is 29.5 Å². The van der Waals surface area contributed by atoms with Crippen LogP contribution in [0.2, 0.25) is 0 Å². The summed E-state index contributed by atoms with van der Waals surface area (Å²) in [5.41, 5.74) is -0.114. The van der Waals surface area contributed by atoms with E-state index in [1.165, 1.54) is 51.5 Å². The first-order valence-corrected chi connectivity index (χ1v) is 7.11. The molecule has 0 amide bonds. The number of likely N-dealkylation sites (tertiary alicyclic amines) is 1. The molecule has 2 fully saturated rings. The van der Waals surface area contributed by atoms with E-state index in [0.717, 1.165) is 32.6 Å². The van der Waals surface area contributed by atoms with E-state index in [2.05, 4.69) is 4.90 Å². The summed E-state index contributed by atoms with van der Waals surface area (Å²) in [6.45, 7) is 4.83. The molecule has 2 aliphatic heterocycles. The summed E-state index contributed by atoms with van der Waals surface area (Å²) in [7, 11) is 0. The molecule has 0 aromatic carbocycles. The van der Waals surface area contributed by atoms with Gasteiger partial charge in [0.05, 0.1) is 0 Å². The molecule has 3 nitrogen and oxygen atoms in total. The lowest BCUT2D eigenvalue weighted by Crippen LogP contribution is -2.43. The van der Waals surface area contributed by atoms with E-state index in [1.807, 2.05) is 0 Å². The Labute approximate surface area is 105 Å². The van der Waals surface area contributed by atoms with Gasteiger partial charge in [-0.3, -0.25) is 0 Å². The van der Waals surface area contributed by atoms with Crippen molar-refractivity contribution < 1.29 is 9.53 Å². The fraction of sp³-hybridized carbons (Fsp3) is 0.929. The predicted octanol–water partition coefficient (Wildman–Crippen LogP) is 2.25. The number of hydrogen-bond donors (Lipinski definition) is 0. The summed E-state index contributed by atoms with van der Waals surface area (Å²) in [5, 5.41) is 0. The zero-order valence-corrected chi connectivity index (χ0v) is 10.8. The third kappa shape index (κ3) is 3.78. The summed E-state index contributed by atoms with van der Waals surface area (Å²) >= 11 is 0. The molecule has 0 spiro atoms. The Morgan fingerprint density at radius 3 is 2.18 bits per heavy atom. The molecule has 17 heavy (non-hydrogen) atoms. The Morgan fingerprint density at radius 1 is 1.00 bits per heavy atom. The highest BCUT2D eigenvalue weighted by molar-refractivity contribution is 5.60. The Morgan fingerprint density at radius 2 is 1.59 bits per heavy atom. The molecule has 2 aliphatic rings. The molecule has 0 aromatic heterocycles.